The van der Waals surface area contributed by atoms with Gasteiger partial charge in [0.15, 0.2) is 0 Å². The number of halogens is 3. The monoisotopic (exact) mass is 456 g/mol. The van der Waals surface area contributed by atoms with Crippen molar-refractivity contribution in [2.45, 2.75) is 24.9 Å². The summed E-state index contributed by atoms with van der Waals surface area (Å²) in [7, 11) is -2.55. The molecule has 31 heavy (non-hydrogen) atoms. The Bertz CT molecular complexity index is 1050. The number of nitrogens with zero attached hydrogens (tertiary/aromatic N) is 1. The van der Waals surface area contributed by atoms with Crippen LogP contribution in [0.25, 0.3) is 5.57 Å². The van der Waals surface area contributed by atoms with Gasteiger partial charge in [0.25, 0.3) is 0 Å². The number of allylic oxidation sites excluding steroid dienone is 1. The van der Waals surface area contributed by atoms with Gasteiger partial charge in [0.2, 0.25) is 15.9 Å². The molecule has 2 rings (SSSR count). The van der Waals surface area contributed by atoms with Crippen LogP contribution in [0.2, 0.25) is 0 Å². The third kappa shape index (κ3) is 5.86. The van der Waals surface area contributed by atoms with Crippen molar-refractivity contribution in [3.8, 4) is 5.75 Å². The van der Waals surface area contributed by atoms with E-state index in [0.717, 1.165) is 6.07 Å². The molecule has 0 fully saturated rings. The molecule has 0 aliphatic rings. The zero-order valence-electron chi connectivity index (χ0n) is 17.2. The van der Waals surface area contributed by atoms with E-state index in [1.54, 1.807) is 19.9 Å². The molecule has 0 radical (unpaired) electrons. The quantitative estimate of drug-likeness (QED) is 0.601. The molecular formula is C21H23F3N2O4S. The van der Waals surface area contributed by atoms with E-state index in [4.69, 9.17) is 4.74 Å². The molecule has 168 valence electrons. The van der Waals surface area contributed by atoms with Gasteiger partial charge in [0, 0.05) is 19.2 Å². The van der Waals surface area contributed by atoms with Crippen molar-refractivity contribution in [1.29, 1.82) is 0 Å². The first-order valence-corrected chi connectivity index (χ1v) is 10.8. The number of methoxy groups -OCH3 is 1. The van der Waals surface area contributed by atoms with Crippen LogP contribution in [0.1, 0.15) is 19.4 Å². The van der Waals surface area contributed by atoms with Crippen LogP contribution in [0, 0.1) is 0 Å². The Labute approximate surface area is 179 Å². The van der Waals surface area contributed by atoms with Gasteiger partial charge < -0.3 is 10.1 Å². The summed E-state index contributed by atoms with van der Waals surface area (Å²) < 4.78 is 72.3. The van der Waals surface area contributed by atoms with Crippen molar-refractivity contribution >= 4 is 27.2 Å². The lowest BCUT2D eigenvalue weighted by Crippen LogP contribution is -2.30. The number of alkyl halides is 3. The molecule has 1 N–H and O–H groups in total. The fraction of sp³-hybridized carbons (Fsp3) is 0.286. The predicted molar refractivity (Wildman–Crippen MR) is 112 cm³/mol. The third-order valence-electron chi connectivity index (χ3n) is 4.44. The molecule has 0 heterocycles. The number of anilines is 1. The van der Waals surface area contributed by atoms with Crippen LogP contribution in [0.15, 0.2) is 59.5 Å². The Morgan fingerprint density at radius 1 is 1.10 bits per heavy atom. The average molecular weight is 456 g/mol. The highest BCUT2D eigenvalue weighted by atomic mass is 32.2. The summed E-state index contributed by atoms with van der Waals surface area (Å²) in [6, 6.07) is 10.7. The maximum atomic E-state index is 13.5. The molecule has 0 bridgehead atoms. The van der Waals surface area contributed by atoms with Crippen LogP contribution in [0.4, 0.5) is 18.9 Å². The molecule has 0 saturated carbocycles. The molecule has 0 aliphatic carbocycles. The first-order valence-electron chi connectivity index (χ1n) is 9.38. The predicted octanol–water partition coefficient (Wildman–Crippen LogP) is 4.31. The molecule has 0 atom stereocenters. The van der Waals surface area contributed by atoms with Crippen LogP contribution < -0.4 is 10.1 Å². The highest BCUT2D eigenvalue weighted by molar-refractivity contribution is 7.89. The number of carbonyl (C=O) groups is 1. The van der Waals surface area contributed by atoms with E-state index in [1.165, 1.54) is 47.8 Å². The second-order valence-electron chi connectivity index (χ2n) is 6.36. The number of ether oxygens (including phenoxy) is 1. The summed E-state index contributed by atoms with van der Waals surface area (Å²) in [6.07, 6.45) is -4.34. The third-order valence-corrected chi connectivity index (χ3v) is 6.48. The van der Waals surface area contributed by atoms with E-state index in [1.807, 2.05) is 0 Å². The minimum absolute atomic E-state index is 0.0634. The standard InChI is InChI=1S/C21H23F3N2O4S/c1-4-26(5-2)31(28,29)16-11-12-19(30-3)18(13-16)25-20(27)14-17(21(22,23)24)15-9-7-6-8-10-15/h6-14H,4-5H2,1-3H3,(H,25,27)/b17-14-. The van der Waals surface area contributed by atoms with E-state index in [0.29, 0.717) is 6.08 Å². The molecule has 0 spiro atoms. The summed E-state index contributed by atoms with van der Waals surface area (Å²) in [5.74, 6) is -0.972. The van der Waals surface area contributed by atoms with Crippen LogP contribution in [0.5, 0.6) is 5.75 Å². The highest BCUT2D eigenvalue weighted by Gasteiger charge is 2.35. The van der Waals surface area contributed by atoms with E-state index in [-0.39, 0.29) is 35.0 Å². The van der Waals surface area contributed by atoms with Gasteiger partial charge in [0.1, 0.15) is 5.75 Å². The van der Waals surface area contributed by atoms with Gasteiger partial charge in [-0.2, -0.15) is 17.5 Å². The summed E-state index contributed by atoms with van der Waals surface area (Å²) >= 11 is 0. The highest BCUT2D eigenvalue weighted by Crippen LogP contribution is 2.34. The van der Waals surface area contributed by atoms with Gasteiger partial charge >= 0.3 is 6.18 Å². The van der Waals surface area contributed by atoms with Crippen LogP contribution in [-0.2, 0) is 14.8 Å². The lowest BCUT2D eigenvalue weighted by molar-refractivity contribution is -0.112. The summed E-state index contributed by atoms with van der Waals surface area (Å²) in [5, 5.41) is 2.30. The summed E-state index contributed by atoms with van der Waals surface area (Å²) in [5.41, 5.74) is -1.36. The topological polar surface area (TPSA) is 75.7 Å². The van der Waals surface area contributed by atoms with Gasteiger partial charge in [-0.05, 0) is 23.8 Å². The molecule has 0 unspecified atom stereocenters. The van der Waals surface area contributed by atoms with E-state index in [2.05, 4.69) is 5.32 Å². The average Bonchev–Trinajstić information content (AvgIpc) is 2.72. The number of amides is 1. The lowest BCUT2D eigenvalue weighted by atomic mass is 10.1. The maximum absolute atomic E-state index is 13.5. The molecular weight excluding hydrogens is 433 g/mol. The zero-order valence-corrected chi connectivity index (χ0v) is 18.0. The number of hydrogen-bond acceptors (Lipinski definition) is 4. The number of carbonyl (C=O) groups excluding carboxylic acids is 1. The molecule has 0 aliphatic heterocycles. The molecule has 10 heteroatoms. The second kappa shape index (κ2) is 9.97. The van der Waals surface area contributed by atoms with Crippen molar-refractivity contribution in [3.63, 3.8) is 0 Å². The summed E-state index contributed by atoms with van der Waals surface area (Å²) in [4.78, 5) is 12.3. The van der Waals surface area contributed by atoms with Gasteiger partial charge in [-0.15, -0.1) is 0 Å². The number of hydrogen-bond donors (Lipinski definition) is 1. The van der Waals surface area contributed by atoms with Crippen molar-refractivity contribution < 1.29 is 31.1 Å². The molecule has 2 aromatic carbocycles. The van der Waals surface area contributed by atoms with Gasteiger partial charge in [-0.1, -0.05) is 44.2 Å². The van der Waals surface area contributed by atoms with E-state index in [9.17, 15) is 26.4 Å². The first-order chi connectivity index (χ1) is 14.5. The van der Waals surface area contributed by atoms with Crippen LogP contribution in [0.3, 0.4) is 0 Å². The van der Waals surface area contributed by atoms with Gasteiger partial charge in [-0.3, -0.25) is 4.79 Å². The van der Waals surface area contributed by atoms with Crippen molar-refractivity contribution in [1.82, 2.24) is 4.31 Å². The fourth-order valence-corrected chi connectivity index (χ4v) is 4.39. The number of rotatable bonds is 8. The first kappa shape index (κ1) is 24.4. The zero-order chi connectivity index (χ0) is 23.2. The molecule has 6 nitrogen and oxygen atoms in total. The van der Waals surface area contributed by atoms with Crippen LogP contribution >= 0.6 is 0 Å². The maximum Gasteiger partial charge on any atom is 0.417 e. The molecule has 0 saturated heterocycles. The van der Waals surface area contributed by atoms with E-state index < -0.39 is 27.7 Å². The van der Waals surface area contributed by atoms with Gasteiger partial charge in [-0.25, -0.2) is 8.42 Å². The molecule has 1 amide bonds. The molecule has 0 aromatic heterocycles. The van der Waals surface area contributed by atoms with Crippen molar-refractivity contribution in [2.75, 3.05) is 25.5 Å². The van der Waals surface area contributed by atoms with Gasteiger partial charge in [0.05, 0.1) is 23.3 Å². The number of nitrogens with one attached hydrogen (secondary N) is 1. The Morgan fingerprint density at radius 3 is 2.23 bits per heavy atom. The Hall–Kier alpha value is -2.85. The second-order valence-corrected chi connectivity index (χ2v) is 8.30. The Balaban J connectivity index is 2.45. The SMILES string of the molecule is CCN(CC)S(=O)(=O)c1ccc(OC)c(NC(=O)/C=C(/c2ccccc2)C(F)(F)F)c1. The normalized spacial score (nSPS) is 12.7. The van der Waals surface area contributed by atoms with Crippen molar-refractivity contribution in [3.05, 3.63) is 60.2 Å². The van der Waals surface area contributed by atoms with Crippen LogP contribution in [-0.4, -0.2) is 45.0 Å². The smallest absolute Gasteiger partial charge is 0.417 e. The lowest BCUT2D eigenvalue weighted by Gasteiger charge is -2.19. The number of sulfonamides is 1. The minimum atomic E-state index is -4.77. The minimum Gasteiger partial charge on any atom is -0.495 e. The van der Waals surface area contributed by atoms with E-state index >= 15 is 0 Å². The largest absolute Gasteiger partial charge is 0.495 e. The fourth-order valence-electron chi connectivity index (χ4n) is 2.90. The summed E-state index contributed by atoms with van der Waals surface area (Å²) in [6.45, 7) is 3.84. The number of benzene rings is 2. The Morgan fingerprint density at radius 2 is 1.71 bits per heavy atom. The van der Waals surface area contributed by atoms with Crippen molar-refractivity contribution in [2.24, 2.45) is 0 Å². The molecule has 2 aromatic rings. The Kier molecular flexibility index (Phi) is 7.85.